The number of piperazine rings is 1. The molecule has 0 bridgehead atoms. The summed E-state index contributed by atoms with van der Waals surface area (Å²) >= 11 is 0. The molecule has 3 rings (SSSR count). The van der Waals surface area contributed by atoms with Gasteiger partial charge in [0.1, 0.15) is 5.76 Å². The van der Waals surface area contributed by atoms with Gasteiger partial charge in [-0.15, -0.1) is 0 Å². The molecule has 1 aliphatic heterocycles. The number of aryl methyl sites for hydroxylation is 1. The van der Waals surface area contributed by atoms with E-state index in [1.54, 1.807) is 12.5 Å². The van der Waals surface area contributed by atoms with Crippen molar-refractivity contribution >= 4 is 11.9 Å². The Bertz CT molecular complexity index is 552. The molecule has 0 saturated carbocycles. The Balaban J connectivity index is 1.55. The average molecular weight is 269 g/mol. The summed E-state index contributed by atoms with van der Waals surface area (Å²) in [7, 11) is 0. The number of hydrazone groups is 1. The van der Waals surface area contributed by atoms with Crippen molar-refractivity contribution in [2.75, 3.05) is 31.1 Å². The van der Waals surface area contributed by atoms with Crippen molar-refractivity contribution < 1.29 is 4.42 Å². The number of hydrogen-bond acceptors (Lipinski definition) is 4. The van der Waals surface area contributed by atoms with Gasteiger partial charge >= 0.3 is 0 Å². The van der Waals surface area contributed by atoms with E-state index < -0.39 is 0 Å². The van der Waals surface area contributed by atoms with E-state index in [2.05, 4.69) is 46.2 Å². The number of rotatable bonds is 3. The summed E-state index contributed by atoms with van der Waals surface area (Å²) in [6.45, 7) is 5.98. The van der Waals surface area contributed by atoms with E-state index >= 15 is 0 Å². The minimum atomic E-state index is 0.797. The maximum atomic E-state index is 5.24. The molecular weight excluding hydrogens is 250 g/mol. The zero-order valence-corrected chi connectivity index (χ0v) is 11.7. The fraction of sp³-hybridized carbons (Fsp3) is 0.312. The number of furan rings is 1. The molecule has 4 nitrogen and oxygen atoms in total. The first kappa shape index (κ1) is 12.8. The zero-order chi connectivity index (χ0) is 13.8. The van der Waals surface area contributed by atoms with Crippen LogP contribution in [0.2, 0.25) is 0 Å². The van der Waals surface area contributed by atoms with Crippen LogP contribution in [0.5, 0.6) is 0 Å². The van der Waals surface area contributed by atoms with Crippen LogP contribution < -0.4 is 4.90 Å². The second kappa shape index (κ2) is 5.82. The molecule has 0 spiro atoms. The SMILES string of the molecule is Cc1ccc(N2CCN(/N=C\c3ccco3)CC2)cc1. The smallest absolute Gasteiger partial charge is 0.146 e. The van der Waals surface area contributed by atoms with Crippen LogP contribution in [0.4, 0.5) is 5.69 Å². The Morgan fingerprint density at radius 3 is 2.45 bits per heavy atom. The van der Waals surface area contributed by atoms with Crippen molar-refractivity contribution in [2.24, 2.45) is 5.10 Å². The average Bonchev–Trinajstić information content (AvgIpc) is 3.00. The quantitative estimate of drug-likeness (QED) is 0.803. The minimum absolute atomic E-state index is 0.797. The lowest BCUT2D eigenvalue weighted by Gasteiger charge is -2.34. The van der Waals surface area contributed by atoms with Crippen LogP contribution in [-0.2, 0) is 0 Å². The minimum Gasteiger partial charge on any atom is -0.463 e. The molecule has 1 fully saturated rings. The first-order chi connectivity index (χ1) is 9.81. The van der Waals surface area contributed by atoms with Gasteiger partial charge in [0.05, 0.1) is 25.6 Å². The van der Waals surface area contributed by atoms with Gasteiger partial charge in [-0.1, -0.05) is 17.7 Å². The number of nitrogens with zero attached hydrogens (tertiary/aromatic N) is 3. The summed E-state index contributed by atoms with van der Waals surface area (Å²) in [4.78, 5) is 2.40. The molecular formula is C16H19N3O. The lowest BCUT2D eigenvalue weighted by atomic mass is 10.2. The molecule has 20 heavy (non-hydrogen) atoms. The van der Waals surface area contributed by atoms with Crippen LogP contribution in [0.25, 0.3) is 0 Å². The topological polar surface area (TPSA) is 32.0 Å². The molecule has 0 amide bonds. The highest BCUT2D eigenvalue weighted by molar-refractivity contribution is 5.75. The standard InChI is InChI=1S/C16H19N3O/c1-14-4-6-15(7-5-14)18-8-10-19(11-9-18)17-13-16-3-2-12-20-16/h2-7,12-13H,8-11H2,1H3/b17-13-. The molecule has 104 valence electrons. The molecule has 0 aliphatic carbocycles. The first-order valence-corrected chi connectivity index (χ1v) is 6.95. The maximum Gasteiger partial charge on any atom is 0.146 e. The summed E-state index contributed by atoms with van der Waals surface area (Å²) in [6.07, 6.45) is 3.44. The third kappa shape index (κ3) is 3.02. The van der Waals surface area contributed by atoms with E-state index in [1.807, 2.05) is 12.1 Å². The predicted molar refractivity (Wildman–Crippen MR) is 81.3 cm³/mol. The molecule has 2 heterocycles. The molecule has 1 saturated heterocycles. The van der Waals surface area contributed by atoms with Crippen LogP contribution in [-0.4, -0.2) is 37.4 Å². The van der Waals surface area contributed by atoms with Crippen molar-refractivity contribution in [3.8, 4) is 0 Å². The second-order valence-electron chi connectivity index (χ2n) is 5.04. The van der Waals surface area contributed by atoms with Gasteiger partial charge in [0.25, 0.3) is 0 Å². The summed E-state index contributed by atoms with van der Waals surface area (Å²) in [5.74, 6) is 0.797. The van der Waals surface area contributed by atoms with Crippen molar-refractivity contribution in [1.29, 1.82) is 0 Å². The first-order valence-electron chi connectivity index (χ1n) is 6.95. The molecule has 4 heteroatoms. The van der Waals surface area contributed by atoms with E-state index in [-0.39, 0.29) is 0 Å². The Morgan fingerprint density at radius 1 is 1.05 bits per heavy atom. The van der Waals surface area contributed by atoms with E-state index in [4.69, 9.17) is 4.42 Å². The van der Waals surface area contributed by atoms with E-state index in [0.29, 0.717) is 0 Å². The zero-order valence-electron chi connectivity index (χ0n) is 11.7. The van der Waals surface area contributed by atoms with Gasteiger partial charge in [0.15, 0.2) is 0 Å². The molecule has 0 radical (unpaired) electrons. The highest BCUT2D eigenvalue weighted by atomic mass is 16.3. The number of hydrogen-bond donors (Lipinski definition) is 0. The van der Waals surface area contributed by atoms with Crippen LogP contribution >= 0.6 is 0 Å². The summed E-state index contributed by atoms with van der Waals surface area (Å²) in [6, 6.07) is 12.5. The van der Waals surface area contributed by atoms with E-state index in [0.717, 1.165) is 31.9 Å². The van der Waals surface area contributed by atoms with Gasteiger partial charge in [-0.25, -0.2) is 0 Å². The monoisotopic (exact) mass is 269 g/mol. The van der Waals surface area contributed by atoms with Crippen LogP contribution in [0.3, 0.4) is 0 Å². The molecule has 0 atom stereocenters. The Hall–Kier alpha value is -2.23. The van der Waals surface area contributed by atoms with Crippen LogP contribution in [0, 0.1) is 6.92 Å². The van der Waals surface area contributed by atoms with Crippen molar-refractivity contribution in [3.05, 3.63) is 54.0 Å². The number of anilines is 1. The highest BCUT2D eigenvalue weighted by Crippen LogP contribution is 2.17. The summed E-state index contributed by atoms with van der Waals surface area (Å²) in [5, 5.41) is 6.55. The van der Waals surface area contributed by atoms with Crippen molar-refractivity contribution in [3.63, 3.8) is 0 Å². The van der Waals surface area contributed by atoms with Crippen LogP contribution in [0.1, 0.15) is 11.3 Å². The fourth-order valence-electron chi connectivity index (χ4n) is 2.33. The lowest BCUT2D eigenvalue weighted by molar-refractivity contribution is 0.271. The van der Waals surface area contributed by atoms with Gasteiger partial charge < -0.3 is 9.32 Å². The Morgan fingerprint density at radius 2 is 1.80 bits per heavy atom. The van der Waals surface area contributed by atoms with E-state index in [9.17, 15) is 0 Å². The largest absolute Gasteiger partial charge is 0.463 e. The van der Waals surface area contributed by atoms with Crippen molar-refractivity contribution in [1.82, 2.24) is 5.01 Å². The normalized spacial score (nSPS) is 16.1. The van der Waals surface area contributed by atoms with Gasteiger partial charge in [-0.2, -0.15) is 5.10 Å². The molecule has 1 aliphatic rings. The second-order valence-corrected chi connectivity index (χ2v) is 5.04. The van der Waals surface area contributed by atoms with Gasteiger partial charge in [0, 0.05) is 18.8 Å². The fourth-order valence-corrected chi connectivity index (χ4v) is 2.33. The summed E-state index contributed by atoms with van der Waals surface area (Å²) < 4.78 is 5.24. The molecule has 1 aromatic carbocycles. The van der Waals surface area contributed by atoms with E-state index in [1.165, 1.54) is 11.3 Å². The predicted octanol–water partition coefficient (Wildman–Crippen LogP) is 2.74. The van der Waals surface area contributed by atoms with Gasteiger partial charge in [-0.3, -0.25) is 5.01 Å². The number of benzene rings is 1. The third-order valence-corrected chi connectivity index (χ3v) is 3.55. The third-order valence-electron chi connectivity index (χ3n) is 3.55. The van der Waals surface area contributed by atoms with Gasteiger partial charge in [0.2, 0.25) is 0 Å². The maximum absolute atomic E-state index is 5.24. The molecule has 2 aromatic rings. The molecule has 1 aromatic heterocycles. The Kier molecular flexibility index (Phi) is 3.72. The molecule has 0 unspecified atom stereocenters. The lowest BCUT2D eigenvalue weighted by Crippen LogP contribution is -2.44. The van der Waals surface area contributed by atoms with Crippen LogP contribution in [0.15, 0.2) is 52.2 Å². The van der Waals surface area contributed by atoms with Crippen molar-refractivity contribution in [2.45, 2.75) is 6.92 Å². The highest BCUT2D eigenvalue weighted by Gasteiger charge is 2.15. The summed E-state index contributed by atoms with van der Waals surface area (Å²) in [5.41, 5.74) is 2.60. The van der Waals surface area contributed by atoms with Gasteiger partial charge in [-0.05, 0) is 31.2 Å². The Labute approximate surface area is 119 Å². The molecule has 0 N–H and O–H groups in total.